The molecule has 0 saturated carbocycles. The highest BCUT2D eigenvalue weighted by Gasteiger charge is 2.20. The molecular weight excluding hydrogens is 260 g/mol. The summed E-state index contributed by atoms with van der Waals surface area (Å²) in [6.45, 7) is 7.67. The van der Waals surface area contributed by atoms with Crippen LogP contribution in [0.2, 0.25) is 0 Å². The highest BCUT2D eigenvalue weighted by atomic mass is 16.4. The average Bonchev–Trinajstić information content (AvgIpc) is 2.56. The zero-order valence-electron chi connectivity index (χ0n) is 12.6. The quantitative estimate of drug-likeness (QED) is 0.838. The van der Waals surface area contributed by atoms with Crippen LogP contribution in [0.3, 0.4) is 0 Å². The van der Waals surface area contributed by atoms with Gasteiger partial charge in [-0.1, -0.05) is 0 Å². The molecule has 2 N–H and O–H groups in total. The lowest BCUT2D eigenvalue weighted by atomic mass is 10.1. The summed E-state index contributed by atoms with van der Waals surface area (Å²) in [7, 11) is 1.58. The van der Waals surface area contributed by atoms with Crippen molar-refractivity contribution in [1.82, 2.24) is 14.7 Å². The van der Waals surface area contributed by atoms with Crippen molar-refractivity contribution in [2.24, 2.45) is 0 Å². The number of hydrogen-bond donors (Lipinski definition) is 2. The standard InChI is InChI=1S/C13H22N4O3/c1-9-6-10(17(15-9)13(2,3)4)14-11(18)7-16(5)8-12(19)20/h6H,7-8H2,1-5H3,(H,14,18)(H,19,20). The van der Waals surface area contributed by atoms with Crippen molar-refractivity contribution in [3.63, 3.8) is 0 Å². The number of carboxylic acids is 1. The molecule has 112 valence electrons. The van der Waals surface area contributed by atoms with E-state index < -0.39 is 5.97 Å². The van der Waals surface area contributed by atoms with E-state index in [4.69, 9.17) is 5.11 Å². The highest BCUT2D eigenvalue weighted by molar-refractivity contribution is 5.91. The van der Waals surface area contributed by atoms with Crippen molar-refractivity contribution in [1.29, 1.82) is 0 Å². The molecule has 7 heteroatoms. The molecule has 0 aliphatic carbocycles. The lowest BCUT2D eigenvalue weighted by molar-refractivity contribution is -0.138. The van der Waals surface area contributed by atoms with E-state index in [-0.39, 0.29) is 24.5 Å². The molecule has 20 heavy (non-hydrogen) atoms. The lowest BCUT2D eigenvalue weighted by Crippen LogP contribution is -2.35. The SMILES string of the molecule is Cc1cc(NC(=O)CN(C)CC(=O)O)n(C(C)(C)C)n1. The molecule has 0 saturated heterocycles. The number of likely N-dealkylation sites (N-methyl/N-ethyl adjacent to an activating group) is 1. The minimum atomic E-state index is -0.962. The number of nitrogens with one attached hydrogen (secondary N) is 1. The number of aryl methyl sites for hydroxylation is 1. The van der Waals surface area contributed by atoms with Gasteiger partial charge in [0.05, 0.1) is 24.3 Å². The summed E-state index contributed by atoms with van der Waals surface area (Å²) in [5.41, 5.74) is 0.568. The number of rotatable bonds is 5. The Morgan fingerprint density at radius 1 is 1.40 bits per heavy atom. The summed E-state index contributed by atoms with van der Waals surface area (Å²) in [6, 6.07) is 1.79. The van der Waals surface area contributed by atoms with E-state index in [0.717, 1.165) is 5.69 Å². The molecule has 0 aliphatic rings. The predicted octanol–water partition coefficient (Wildman–Crippen LogP) is 0.901. The van der Waals surface area contributed by atoms with Crippen LogP contribution in [-0.4, -0.2) is 51.8 Å². The summed E-state index contributed by atoms with van der Waals surface area (Å²) in [5, 5.41) is 15.8. The molecule has 0 aliphatic heterocycles. The number of aromatic nitrogens is 2. The van der Waals surface area contributed by atoms with Crippen LogP contribution < -0.4 is 5.32 Å². The Hall–Kier alpha value is -1.89. The zero-order chi connectivity index (χ0) is 15.5. The van der Waals surface area contributed by atoms with Crippen LogP contribution in [0.15, 0.2) is 6.07 Å². The van der Waals surface area contributed by atoms with E-state index in [2.05, 4.69) is 10.4 Å². The summed E-state index contributed by atoms with van der Waals surface area (Å²) < 4.78 is 1.75. The van der Waals surface area contributed by atoms with E-state index >= 15 is 0 Å². The van der Waals surface area contributed by atoms with Crippen LogP contribution in [0.25, 0.3) is 0 Å². The van der Waals surface area contributed by atoms with Gasteiger partial charge in [0.2, 0.25) is 5.91 Å². The molecule has 0 radical (unpaired) electrons. The Morgan fingerprint density at radius 3 is 2.50 bits per heavy atom. The first kappa shape index (κ1) is 16.2. The number of carboxylic acid groups (broad SMARTS) is 1. The van der Waals surface area contributed by atoms with Gasteiger partial charge >= 0.3 is 5.97 Å². The molecule has 0 bridgehead atoms. The molecule has 1 amide bonds. The Morgan fingerprint density at radius 2 is 2.00 bits per heavy atom. The second-order valence-electron chi connectivity index (χ2n) is 5.87. The minimum Gasteiger partial charge on any atom is -0.480 e. The van der Waals surface area contributed by atoms with Crippen LogP contribution in [0, 0.1) is 6.92 Å². The molecule has 0 atom stereocenters. The summed E-state index contributed by atoms with van der Waals surface area (Å²) in [5.74, 6) is -0.612. The van der Waals surface area contributed by atoms with Crippen molar-refractivity contribution in [2.45, 2.75) is 33.2 Å². The number of anilines is 1. The van der Waals surface area contributed by atoms with E-state index in [1.165, 1.54) is 4.90 Å². The van der Waals surface area contributed by atoms with Crippen molar-refractivity contribution in [2.75, 3.05) is 25.5 Å². The first-order valence-electron chi connectivity index (χ1n) is 6.37. The first-order valence-corrected chi connectivity index (χ1v) is 6.37. The van der Waals surface area contributed by atoms with Gasteiger partial charge in [-0.05, 0) is 34.7 Å². The van der Waals surface area contributed by atoms with E-state index in [0.29, 0.717) is 5.82 Å². The Balaban J connectivity index is 2.74. The molecule has 1 aromatic heterocycles. The summed E-state index contributed by atoms with van der Waals surface area (Å²) in [4.78, 5) is 23.9. The molecule has 0 spiro atoms. The van der Waals surface area contributed by atoms with E-state index in [1.54, 1.807) is 17.8 Å². The zero-order valence-corrected chi connectivity index (χ0v) is 12.6. The molecule has 1 rings (SSSR count). The van der Waals surface area contributed by atoms with Gasteiger partial charge in [-0.3, -0.25) is 14.5 Å². The maximum Gasteiger partial charge on any atom is 0.317 e. The molecule has 0 fully saturated rings. The molecule has 0 aromatic carbocycles. The largest absolute Gasteiger partial charge is 0.480 e. The minimum absolute atomic E-state index is 0.0146. The van der Waals surface area contributed by atoms with Crippen LogP contribution in [0.1, 0.15) is 26.5 Å². The number of carbonyl (C=O) groups is 2. The maximum atomic E-state index is 11.9. The van der Waals surface area contributed by atoms with Crippen molar-refractivity contribution in [3.8, 4) is 0 Å². The second-order valence-corrected chi connectivity index (χ2v) is 5.87. The fourth-order valence-electron chi connectivity index (χ4n) is 1.81. The second kappa shape index (κ2) is 6.04. The molecule has 1 aromatic rings. The third-order valence-electron chi connectivity index (χ3n) is 2.55. The van der Waals surface area contributed by atoms with Gasteiger partial charge in [-0.2, -0.15) is 5.10 Å². The molecule has 1 heterocycles. The molecule has 0 unspecified atom stereocenters. The van der Waals surface area contributed by atoms with Crippen LogP contribution in [0.4, 0.5) is 5.82 Å². The highest BCUT2D eigenvalue weighted by Crippen LogP contribution is 2.21. The first-order chi connectivity index (χ1) is 9.09. The van der Waals surface area contributed by atoms with Crippen LogP contribution >= 0.6 is 0 Å². The molecular formula is C13H22N4O3. The lowest BCUT2D eigenvalue weighted by Gasteiger charge is -2.22. The van der Waals surface area contributed by atoms with Gasteiger partial charge in [-0.25, -0.2) is 4.68 Å². The summed E-state index contributed by atoms with van der Waals surface area (Å²) >= 11 is 0. The Bertz CT molecular complexity index is 502. The number of amides is 1. The number of hydrogen-bond acceptors (Lipinski definition) is 4. The maximum absolute atomic E-state index is 11.9. The van der Waals surface area contributed by atoms with Gasteiger partial charge in [-0.15, -0.1) is 0 Å². The van der Waals surface area contributed by atoms with E-state index in [1.807, 2.05) is 27.7 Å². The smallest absolute Gasteiger partial charge is 0.317 e. The van der Waals surface area contributed by atoms with E-state index in [9.17, 15) is 9.59 Å². The Kier molecular flexibility index (Phi) is 4.88. The average molecular weight is 282 g/mol. The van der Waals surface area contributed by atoms with Gasteiger partial charge < -0.3 is 10.4 Å². The van der Waals surface area contributed by atoms with Gasteiger partial charge in [0.25, 0.3) is 0 Å². The normalized spacial score (nSPS) is 11.7. The molecule has 7 nitrogen and oxygen atoms in total. The fourth-order valence-corrected chi connectivity index (χ4v) is 1.81. The third kappa shape index (κ3) is 4.65. The van der Waals surface area contributed by atoms with Gasteiger partial charge in [0.15, 0.2) is 0 Å². The monoisotopic (exact) mass is 282 g/mol. The number of aliphatic carboxylic acids is 1. The van der Waals surface area contributed by atoms with Crippen LogP contribution in [0.5, 0.6) is 0 Å². The predicted molar refractivity (Wildman–Crippen MR) is 75.7 cm³/mol. The summed E-state index contributed by atoms with van der Waals surface area (Å²) in [6.07, 6.45) is 0. The van der Waals surface area contributed by atoms with Gasteiger partial charge in [0, 0.05) is 6.07 Å². The fraction of sp³-hybridized carbons (Fsp3) is 0.615. The van der Waals surface area contributed by atoms with Crippen molar-refractivity contribution in [3.05, 3.63) is 11.8 Å². The number of nitrogens with zero attached hydrogens (tertiary/aromatic N) is 3. The van der Waals surface area contributed by atoms with Crippen molar-refractivity contribution < 1.29 is 14.7 Å². The van der Waals surface area contributed by atoms with Crippen molar-refractivity contribution >= 4 is 17.7 Å². The van der Waals surface area contributed by atoms with Crippen LogP contribution in [-0.2, 0) is 15.1 Å². The third-order valence-corrected chi connectivity index (χ3v) is 2.55. The Labute approximate surface area is 118 Å². The topological polar surface area (TPSA) is 87.5 Å². The number of carbonyl (C=O) groups excluding carboxylic acids is 1. The van der Waals surface area contributed by atoms with Gasteiger partial charge in [0.1, 0.15) is 5.82 Å².